The van der Waals surface area contributed by atoms with Gasteiger partial charge in [0.05, 0.1) is 22.2 Å². The van der Waals surface area contributed by atoms with Gasteiger partial charge in [0.2, 0.25) is 20.0 Å². The van der Waals surface area contributed by atoms with Crippen LogP contribution in [0.15, 0.2) is 56.4 Å². The monoisotopic (exact) mass is 574 g/mol. The van der Waals surface area contributed by atoms with Crippen LogP contribution in [-0.2, 0) is 20.0 Å². The molecular formula is C18H22N8O6S4. The van der Waals surface area contributed by atoms with Gasteiger partial charge in [0.1, 0.15) is 11.5 Å². The van der Waals surface area contributed by atoms with Crippen LogP contribution in [0.25, 0.3) is 0 Å². The molecule has 0 aliphatic heterocycles. The normalized spacial score (nSPS) is 12.1. The van der Waals surface area contributed by atoms with Crippen LogP contribution in [0.2, 0.25) is 0 Å². The molecule has 18 heteroatoms. The Morgan fingerprint density at radius 3 is 1.44 bits per heavy atom. The second-order valence-corrected chi connectivity index (χ2v) is 11.1. The molecule has 0 bridgehead atoms. The Hall–Kier alpha value is -3.42. The molecule has 0 aromatic heterocycles. The molecule has 0 fully saturated rings. The van der Waals surface area contributed by atoms with Crippen LogP contribution in [0.3, 0.4) is 0 Å². The summed E-state index contributed by atoms with van der Waals surface area (Å²) in [6.07, 6.45) is 2.38. The highest BCUT2D eigenvalue weighted by atomic mass is 32.2. The molecule has 2 aromatic rings. The zero-order valence-electron chi connectivity index (χ0n) is 18.2. The van der Waals surface area contributed by atoms with E-state index in [0.717, 1.165) is 12.1 Å². The molecule has 0 saturated carbocycles. The van der Waals surface area contributed by atoms with Crippen molar-refractivity contribution in [1.82, 2.24) is 20.3 Å². The molecule has 2 aromatic carbocycles. The fourth-order valence-electron chi connectivity index (χ4n) is 2.47. The van der Waals surface area contributed by atoms with Crippen molar-refractivity contribution in [1.29, 1.82) is 0 Å². The lowest BCUT2D eigenvalue weighted by molar-refractivity contribution is 0.471. The summed E-state index contributed by atoms with van der Waals surface area (Å²) in [4.78, 5) is -0.510. The van der Waals surface area contributed by atoms with Gasteiger partial charge < -0.3 is 21.7 Å². The Morgan fingerprint density at radius 1 is 0.778 bits per heavy atom. The van der Waals surface area contributed by atoms with Crippen LogP contribution in [0.4, 0.5) is 0 Å². The van der Waals surface area contributed by atoms with Gasteiger partial charge in [-0.2, -0.15) is 10.2 Å². The molecule has 36 heavy (non-hydrogen) atoms. The number of hydrazone groups is 2. The first-order valence-electron chi connectivity index (χ1n) is 9.64. The number of nitrogens with one attached hydrogen (secondary N) is 4. The van der Waals surface area contributed by atoms with Crippen LogP contribution < -0.4 is 31.8 Å². The first kappa shape index (κ1) is 28.8. The molecule has 0 heterocycles. The quantitative estimate of drug-likeness (QED) is 0.0676. The molecule has 0 spiro atoms. The van der Waals surface area contributed by atoms with Crippen molar-refractivity contribution in [3.63, 3.8) is 0 Å². The minimum Gasteiger partial charge on any atom is -0.507 e. The zero-order chi connectivity index (χ0) is 26.9. The van der Waals surface area contributed by atoms with Gasteiger partial charge in [0.15, 0.2) is 10.2 Å². The van der Waals surface area contributed by atoms with E-state index in [2.05, 4.69) is 54.9 Å². The highest BCUT2D eigenvalue weighted by molar-refractivity contribution is 7.90. The highest BCUT2D eigenvalue weighted by Gasteiger charge is 2.18. The van der Waals surface area contributed by atoms with Crippen molar-refractivity contribution in [3.8, 4) is 11.5 Å². The molecule has 0 unspecified atom stereocenters. The third-order valence-corrected chi connectivity index (χ3v) is 7.19. The second-order valence-electron chi connectivity index (χ2n) is 6.71. The van der Waals surface area contributed by atoms with E-state index in [-0.39, 0.29) is 55.7 Å². The number of thiocarbonyl (C=S) groups is 2. The van der Waals surface area contributed by atoms with Crippen molar-refractivity contribution >= 4 is 67.1 Å². The minimum absolute atomic E-state index is 0.0885. The van der Waals surface area contributed by atoms with E-state index >= 15 is 0 Å². The smallest absolute Gasteiger partial charge is 0.240 e. The summed E-state index contributed by atoms with van der Waals surface area (Å²) in [5.41, 5.74) is 15.4. The summed E-state index contributed by atoms with van der Waals surface area (Å²) in [6.45, 7) is -0.602. The molecular weight excluding hydrogens is 553 g/mol. The predicted octanol–water partition coefficient (Wildman–Crippen LogP) is -1.31. The Balaban J connectivity index is 1.98. The number of nitrogens with two attached hydrogens (primary N) is 2. The maximum absolute atomic E-state index is 12.5. The lowest BCUT2D eigenvalue weighted by atomic mass is 10.2. The number of aromatic hydroxyl groups is 2. The van der Waals surface area contributed by atoms with E-state index in [1.807, 2.05) is 0 Å². The average molecular weight is 575 g/mol. The second kappa shape index (κ2) is 12.5. The number of phenols is 2. The first-order valence-corrected chi connectivity index (χ1v) is 13.4. The number of phenolic OH excluding ortho intramolecular Hbond substituents is 2. The molecule has 0 amide bonds. The van der Waals surface area contributed by atoms with Crippen LogP contribution >= 0.6 is 24.4 Å². The van der Waals surface area contributed by atoms with E-state index in [4.69, 9.17) is 11.5 Å². The topological polar surface area (TPSA) is 234 Å². The van der Waals surface area contributed by atoms with E-state index in [1.54, 1.807) is 0 Å². The molecule has 0 saturated heterocycles. The van der Waals surface area contributed by atoms with Crippen molar-refractivity contribution in [2.75, 3.05) is 13.1 Å². The van der Waals surface area contributed by atoms with Gasteiger partial charge in [0.25, 0.3) is 0 Å². The van der Waals surface area contributed by atoms with Crippen LogP contribution in [-0.4, -0.2) is 62.8 Å². The molecule has 10 N–H and O–H groups in total. The summed E-state index contributed by atoms with van der Waals surface area (Å²) in [7, 11) is -8.14. The third kappa shape index (κ3) is 8.66. The number of benzene rings is 2. The molecule has 0 aliphatic rings. The van der Waals surface area contributed by atoms with Gasteiger partial charge in [-0.3, -0.25) is 10.9 Å². The van der Waals surface area contributed by atoms with Gasteiger partial charge in [-0.25, -0.2) is 26.3 Å². The summed E-state index contributed by atoms with van der Waals surface area (Å²) >= 11 is 9.16. The summed E-state index contributed by atoms with van der Waals surface area (Å²) in [6, 6.07) is 7.05. The van der Waals surface area contributed by atoms with Crippen LogP contribution in [0.5, 0.6) is 11.5 Å². The molecule has 194 valence electrons. The minimum atomic E-state index is -4.07. The van der Waals surface area contributed by atoms with Gasteiger partial charge in [-0.1, -0.05) is 0 Å². The SMILES string of the molecule is NC(=S)N/N=C\c1ccc(S(=O)(=O)NCCNS(=O)(=O)c2ccc(/C=N\NC(N)=S)c(O)c2)cc1O. The van der Waals surface area contributed by atoms with Gasteiger partial charge in [-0.15, -0.1) is 0 Å². The van der Waals surface area contributed by atoms with Gasteiger partial charge >= 0.3 is 0 Å². The average Bonchev–Trinajstić information content (AvgIpc) is 2.78. The fraction of sp³-hybridized carbons (Fsp3) is 0.111. The largest absolute Gasteiger partial charge is 0.507 e. The van der Waals surface area contributed by atoms with Gasteiger partial charge in [-0.05, 0) is 48.7 Å². The highest BCUT2D eigenvalue weighted by Crippen LogP contribution is 2.21. The van der Waals surface area contributed by atoms with Crippen molar-refractivity contribution < 1.29 is 27.0 Å². The van der Waals surface area contributed by atoms with E-state index in [9.17, 15) is 27.0 Å². The lowest BCUT2D eigenvalue weighted by Gasteiger charge is -2.10. The van der Waals surface area contributed by atoms with E-state index in [0.29, 0.717) is 0 Å². The first-order chi connectivity index (χ1) is 16.8. The molecule has 14 nitrogen and oxygen atoms in total. The number of nitrogens with zero attached hydrogens (tertiary/aromatic N) is 2. The Bertz CT molecular complexity index is 1300. The number of hydrogen-bond donors (Lipinski definition) is 8. The maximum atomic E-state index is 12.5. The molecule has 0 radical (unpaired) electrons. The standard InChI is InChI=1S/C18H22N8O6S4/c19-17(33)25-21-9-11-1-3-13(7-15(11)27)35(29,30)23-5-6-24-36(31,32)14-4-2-12(16(28)8-14)10-22-26-18(20)34/h1-4,7-10,23-24,27-28H,5-6H2,(H3,19,25,33)(H3,20,26,34)/b21-9-,22-10-. The number of sulfonamides is 2. The molecule has 2 rings (SSSR count). The Morgan fingerprint density at radius 2 is 1.14 bits per heavy atom. The molecule has 0 aliphatic carbocycles. The van der Waals surface area contributed by atoms with Crippen LogP contribution in [0, 0.1) is 0 Å². The zero-order valence-corrected chi connectivity index (χ0v) is 21.5. The van der Waals surface area contributed by atoms with Crippen molar-refractivity contribution in [3.05, 3.63) is 47.5 Å². The number of hydrogen-bond acceptors (Lipinski definition) is 10. The van der Waals surface area contributed by atoms with Crippen molar-refractivity contribution in [2.24, 2.45) is 21.7 Å². The van der Waals surface area contributed by atoms with E-state index in [1.165, 1.54) is 36.7 Å². The predicted molar refractivity (Wildman–Crippen MR) is 142 cm³/mol. The van der Waals surface area contributed by atoms with Gasteiger partial charge in [0, 0.05) is 36.3 Å². The summed E-state index contributed by atoms with van der Waals surface area (Å²) in [5, 5.41) is 27.2. The van der Waals surface area contributed by atoms with Crippen molar-refractivity contribution in [2.45, 2.75) is 9.79 Å². The summed E-state index contributed by atoms with van der Waals surface area (Å²) < 4.78 is 54.3. The fourth-order valence-corrected chi connectivity index (χ4v) is 4.68. The summed E-state index contributed by atoms with van der Waals surface area (Å²) in [5.74, 6) is -0.747. The lowest BCUT2D eigenvalue weighted by Crippen LogP contribution is -2.34. The van der Waals surface area contributed by atoms with Crippen LogP contribution in [0.1, 0.15) is 11.1 Å². The Labute approximate surface area is 217 Å². The maximum Gasteiger partial charge on any atom is 0.240 e. The molecule has 0 atom stereocenters. The Kier molecular flexibility index (Phi) is 10.0. The number of rotatable bonds is 11. The third-order valence-electron chi connectivity index (χ3n) is 4.09. The van der Waals surface area contributed by atoms with E-state index < -0.39 is 20.0 Å².